The van der Waals surface area contributed by atoms with Gasteiger partial charge in [0, 0.05) is 11.3 Å². The van der Waals surface area contributed by atoms with Crippen LogP contribution in [-0.4, -0.2) is 16.7 Å². The maximum absolute atomic E-state index is 11.7. The van der Waals surface area contributed by atoms with E-state index in [1.165, 1.54) is 20.7 Å². The van der Waals surface area contributed by atoms with Gasteiger partial charge in [0.05, 0.1) is 9.48 Å². The number of carbonyl (C=O) groups is 1. The number of hydrogen-bond donors (Lipinski definition) is 1. The second-order valence-corrected chi connectivity index (χ2v) is 9.49. The fraction of sp³-hybridized carbons (Fsp3) is 0.467. The van der Waals surface area contributed by atoms with Crippen molar-refractivity contribution in [3.8, 4) is 0 Å². The minimum absolute atomic E-state index is 0.456. The molecule has 1 fully saturated rings. The summed E-state index contributed by atoms with van der Waals surface area (Å²) in [5.74, 6) is 1.02. The Balaban J connectivity index is 1.60. The molecule has 2 heterocycles. The highest BCUT2D eigenvalue weighted by molar-refractivity contribution is 9.11. The number of nitrogens with zero attached hydrogens (tertiary/aromatic N) is 1. The molecule has 0 aromatic carbocycles. The molecule has 1 amide bonds. The Kier molecular flexibility index (Phi) is 4.31. The van der Waals surface area contributed by atoms with E-state index in [2.05, 4.69) is 37.7 Å². The highest BCUT2D eigenvalue weighted by Crippen LogP contribution is 2.55. The Morgan fingerprint density at radius 1 is 1.36 bits per heavy atom. The number of anilines is 1. The van der Waals surface area contributed by atoms with E-state index >= 15 is 0 Å². The van der Waals surface area contributed by atoms with Crippen molar-refractivity contribution in [3.05, 3.63) is 31.9 Å². The maximum Gasteiger partial charge on any atom is 0.413 e. The van der Waals surface area contributed by atoms with Crippen molar-refractivity contribution >= 4 is 49.8 Å². The van der Waals surface area contributed by atoms with Gasteiger partial charge in [-0.2, -0.15) is 0 Å². The quantitative estimate of drug-likeness (QED) is 0.730. The molecule has 3 rings (SSSR count). The molecule has 118 valence electrons. The highest BCUT2D eigenvalue weighted by atomic mass is 79.9. The molecule has 7 heteroatoms. The Morgan fingerprint density at radius 3 is 2.77 bits per heavy atom. The second kappa shape index (κ2) is 5.94. The summed E-state index contributed by atoms with van der Waals surface area (Å²) in [6.07, 6.45) is 0.668. The molecule has 2 aromatic rings. The fourth-order valence-corrected chi connectivity index (χ4v) is 4.31. The molecule has 0 aliphatic heterocycles. The average molecular weight is 401 g/mol. The van der Waals surface area contributed by atoms with Crippen LogP contribution < -0.4 is 5.32 Å². The van der Waals surface area contributed by atoms with Crippen LogP contribution in [0, 0.1) is 0 Å². The van der Waals surface area contributed by atoms with Crippen molar-refractivity contribution in [1.29, 1.82) is 0 Å². The Hall–Kier alpha value is -0.920. The number of thiazole rings is 1. The molecule has 0 saturated heterocycles. The van der Waals surface area contributed by atoms with Crippen LogP contribution in [0.15, 0.2) is 20.6 Å². The lowest BCUT2D eigenvalue weighted by atomic mass is 10.1. The fourth-order valence-electron chi connectivity index (χ4n) is 2.31. The third kappa shape index (κ3) is 3.88. The van der Waals surface area contributed by atoms with Crippen LogP contribution in [0.2, 0.25) is 0 Å². The average Bonchev–Trinajstić information content (AvgIpc) is 2.83. The number of halogens is 1. The first kappa shape index (κ1) is 16.0. The SMILES string of the molecule is CC(C)(C)OC(=O)Nc1nc([C@@H]2C[C@H]2c2csc(Br)c2)cs1. The summed E-state index contributed by atoms with van der Waals surface area (Å²) in [7, 11) is 0. The van der Waals surface area contributed by atoms with Gasteiger partial charge in [-0.3, -0.25) is 5.32 Å². The summed E-state index contributed by atoms with van der Waals surface area (Å²) in [5.41, 5.74) is 1.93. The predicted octanol–water partition coefficient (Wildman–Crippen LogP) is 5.59. The summed E-state index contributed by atoms with van der Waals surface area (Å²) in [4.78, 5) is 16.3. The van der Waals surface area contributed by atoms with Gasteiger partial charge in [-0.15, -0.1) is 22.7 Å². The number of aromatic nitrogens is 1. The summed E-state index contributed by atoms with van der Waals surface area (Å²) in [6, 6.07) is 2.18. The van der Waals surface area contributed by atoms with Crippen LogP contribution in [0.1, 0.15) is 50.3 Å². The number of carbonyl (C=O) groups excluding carboxylic acids is 1. The van der Waals surface area contributed by atoms with E-state index in [0.717, 1.165) is 12.1 Å². The first-order valence-corrected chi connectivity index (χ1v) is 9.56. The number of amides is 1. The van der Waals surface area contributed by atoms with E-state index in [0.29, 0.717) is 17.0 Å². The monoisotopic (exact) mass is 400 g/mol. The van der Waals surface area contributed by atoms with Gasteiger partial charge in [-0.25, -0.2) is 9.78 Å². The molecule has 4 nitrogen and oxygen atoms in total. The third-order valence-electron chi connectivity index (χ3n) is 3.32. The van der Waals surface area contributed by atoms with Crippen molar-refractivity contribution in [3.63, 3.8) is 0 Å². The standard InChI is InChI=1S/C15H17BrN2O2S2/c1-15(2,3)20-14(19)18-13-17-11(7-22-13)10-5-9(10)8-4-12(16)21-6-8/h4,6-7,9-10H,5H2,1-3H3,(H,17,18,19)/t9-,10+/m0/s1. The predicted molar refractivity (Wildman–Crippen MR) is 94.1 cm³/mol. The molecule has 1 saturated carbocycles. The largest absolute Gasteiger partial charge is 0.444 e. The van der Waals surface area contributed by atoms with E-state index in [9.17, 15) is 4.79 Å². The van der Waals surface area contributed by atoms with E-state index in [-0.39, 0.29) is 0 Å². The van der Waals surface area contributed by atoms with Crippen molar-refractivity contribution in [2.75, 3.05) is 5.32 Å². The van der Waals surface area contributed by atoms with Crippen LogP contribution >= 0.6 is 38.6 Å². The van der Waals surface area contributed by atoms with Crippen LogP contribution in [0.4, 0.5) is 9.93 Å². The zero-order valence-electron chi connectivity index (χ0n) is 12.6. The van der Waals surface area contributed by atoms with E-state index < -0.39 is 11.7 Å². The zero-order chi connectivity index (χ0) is 15.9. The molecule has 0 spiro atoms. The molecular weight excluding hydrogens is 384 g/mol. The van der Waals surface area contributed by atoms with Crippen molar-refractivity contribution in [2.45, 2.75) is 44.6 Å². The molecule has 22 heavy (non-hydrogen) atoms. The molecule has 2 atom stereocenters. The lowest BCUT2D eigenvalue weighted by Gasteiger charge is -2.18. The van der Waals surface area contributed by atoms with Gasteiger partial charge in [0.25, 0.3) is 0 Å². The Labute approximate surface area is 146 Å². The molecule has 1 aliphatic rings. The van der Waals surface area contributed by atoms with Gasteiger partial charge in [0.1, 0.15) is 5.60 Å². The minimum Gasteiger partial charge on any atom is -0.444 e. The zero-order valence-corrected chi connectivity index (χ0v) is 15.8. The summed E-state index contributed by atoms with van der Waals surface area (Å²) in [6.45, 7) is 5.52. The van der Waals surface area contributed by atoms with Crippen LogP contribution in [0.25, 0.3) is 0 Å². The summed E-state index contributed by atoms with van der Waals surface area (Å²) in [5, 5.41) is 7.52. The van der Waals surface area contributed by atoms with Gasteiger partial charge in [-0.05, 0) is 66.0 Å². The van der Waals surface area contributed by atoms with Gasteiger partial charge in [-0.1, -0.05) is 0 Å². The maximum atomic E-state index is 11.7. The van der Waals surface area contributed by atoms with Crippen LogP contribution in [-0.2, 0) is 4.74 Å². The lowest BCUT2D eigenvalue weighted by Crippen LogP contribution is -2.27. The van der Waals surface area contributed by atoms with Gasteiger partial charge in [0.15, 0.2) is 5.13 Å². The first-order chi connectivity index (χ1) is 10.3. The van der Waals surface area contributed by atoms with E-state index in [1.54, 1.807) is 11.3 Å². The van der Waals surface area contributed by atoms with Crippen LogP contribution in [0.5, 0.6) is 0 Å². The third-order valence-corrected chi connectivity index (χ3v) is 5.61. The number of hydrogen-bond acceptors (Lipinski definition) is 5. The summed E-state index contributed by atoms with van der Waals surface area (Å²) < 4.78 is 6.40. The minimum atomic E-state index is -0.502. The van der Waals surface area contributed by atoms with Gasteiger partial charge in [0.2, 0.25) is 0 Å². The van der Waals surface area contributed by atoms with Gasteiger partial charge < -0.3 is 4.74 Å². The van der Waals surface area contributed by atoms with Crippen molar-refractivity contribution < 1.29 is 9.53 Å². The second-order valence-electron chi connectivity index (χ2n) is 6.34. The number of thiophene rings is 1. The number of nitrogens with one attached hydrogen (secondary N) is 1. The van der Waals surface area contributed by atoms with E-state index in [4.69, 9.17) is 4.74 Å². The smallest absolute Gasteiger partial charge is 0.413 e. The van der Waals surface area contributed by atoms with Crippen LogP contribution in [0.3, 0.4) is 0 Å². The van der Waals surface area contributed by atoms with Gasteiger partial charge >= 0.3 is 6.09 Å². The number of ether oxygens (including phenoxy) is 1. The molecule has 1 N–H and O–H groups in total. The Morgan fingerprint density at radius 2 is 2.14 bits per heavy atom. The molecule has 0 unspecified atom stereocenters. The molecular formula is C15H17BrN2O2S2. The highest BCUT2D eigenvalue weighted by Gasteiger charge is 2.41. The molecule has 1 aliphatic carbocycles. The normalized spacial score (nSPS) is 20.7. The molecule has 0 radical (unpaired) electrons. The summed E-state index contributed by atoms with van der Waals surface area (Å²) >= 11 is 6.66. The molecule has 2 aromatic heterocycles. The molecule has 0 bridgehead atoms. The lowest BCUT2D eigenvalue weighted by molar-refractivity contribution is 0.0636. The van der Waals surface area contributed by atoms with Crippen molar-refractivity contribution in [1.82, 2.24) is 4.98 Å². The first-order valence-electron chi connectivity index (χ1n) is 7.01. The Bertz CT molecular complexity index is 690. The topological polar surface area (TPSA) is 51.2 Å². The van der Waals surface area contributed by atoms with Crippen molar-refractivity contribution in [2.24, 2.45) is 0 Å². The van der Waals surface area contributed by atoms with E-state index in [1.807, 2.05) is 26.2 Å². The number of rotatable bonds is 3.